The number of hydrogen-bond donors (Lipinski definition) is 2. The summed E-state index contributed by atoms with van der Waals surface area (Å²) in [5, 5.41) is 23.2. The van der Waals surface area contributed by atoms with Gasteiger partial charge in [0.1, 0.15) is 0 Å². The monoisotopic (exact) mass is 286 g/mol. The average molecular weight is 286 g/mol. The molecular formula is C15H14N2O4. The van der Waals surface area contributed by atoms with Crippen molar-refractivity contribution in [1.82, 2.24) is 0 Å². The molecule has 2 N–H and O–H groups in total. The highest BCUT2D eigenvalue weighted by Gasteiger charge is 2.21. The molecule has 0 spiro atoms. The van der Waals surface area contributed by atoms with E-state index in [1.54, 1.807) is 6.07 Å². The van der Waals surface area contributed by atoms with Crippen LogP contribution in [0.15, 0.2) is 36.4 Å². The molecule has 0 saturated heterocycles. The van der Waals surface area contributed by atoms with Gasteiger partial charge in [0.25, 0.3) is 5.91 Å². The second kappa shape index (κ2) is 5.62. The highest BCUT2D eigenvalue weighted by atomic mass is 16.6. The van der Waals surface area contributed by atoms with Gasteiger partial charge >= 0.3 is 5.69 Å². The normalized spacial score (nSPS) is 10.2. The lowest BCUT2D eigenvalue weighted by molar-refractivity contribution is -0.385. The number of phenolic OH excluding ortho intramolecular Hbond substituents is 1. The van der Waals surface area contributed by atoms with E-state index in [9.17, 15) is 20.0 Å². The molecule has 108 valence electrons. The van der Waals surface area contributed by atoms with E-state index in [2.05, 4.69) is 5.32 Å². The van der Waals surface area contributed by atoms with E-state index in [4.69, 9.17) is 0 Å². The Morgan fingerprint density at radius 2 is 1.95 bits per heavy atom. The zero-order valence-electron chi connectivity index (χ0n) is 11.6. The van der Waals surface area contributed by atoms with Crippen molar-refractivity contribution in [3.05, 3.63) is 63.2 Å². The van der Waals surface area contributed by atoms with Crippen molar-refractivity contribution in [3.63, 3.8) is 0 Å². The Morgan fingerprint density at radius 3 is 2.57 bits per heavy atom. The van der Waals surface area contributed by atoms with Crippen LogP contribution in [0.5, 0.6) is 5.75 Å². The number of nitro benzene ring substituents is 1. The maximum Gasteiger partial charge on any atom is 0.311 e. The van der Waals surface area contributed by atoms with Gasteiger partial charge in [-0.25, -0.2) is 0 Å². The van der Waals surface area contributed by atoms with E-state index in [-0.39, 0.29) is 5.56 Å². The molecule has 0 aliphatic rings. The summed E-state index contributed by atoms with van der Waals surface area (Å²) in [6, 6.07) is 9.33. The van der Waals surface area contributed by atoms with Gasteiger partial charge in [0.2, 0.25) is 5.75 Å². The molecule has 0 aromatic heterocycles. The topological polar surface area (TPSA) is 92.5 Å². The predicted octanol–water partition coefficient (Wildman–Crippen LogP) is 3.17. The van der Waals surface area contributed by atoms with Gasteiger partial charge in [0, 0.05) is 11.8 Å². The largest absolute Gasteiger partial charge is 0.502 e. The third kappa shape index (κ3) is 3.00. The number of nitrogens with zero attached hydrogens (tertiary/aromatic N) is 1. The van der Waals surface area contributed by atoms with E-state index in [0.29, 0.717) is 5.69 Å². The number of phenols is 1. The highest BCUT2D eigenvalue weighted by molar-refractivity contribution is 6.07. The Hall–Kier alpha value is -2.89. The number of aromatic hydroxyl groups is 1. The Bertz CT molecular complexity index is 726. The zero-order valence-corrected chi connectivity index (χ0v) is 11.6. The quantitative estimate of drug-likeness (QED) is 0.669. The summed E-state index contributed by atoms with van der Waals surface area (Å²) in [5.41, 5.74) is 1.89. The van der Waals surface area contributed by atoms with Crippen LogP contribution in [0.4, 0.5) is 11.4 Å². The number of aryl methyl sites for hydroxylation is 2. The summed E-state index contributed by atoms with van der Waals surface area (Å²) < 4.78 is 0. The predicted molar refractivity (Wildman–Crippen MR) is 78.6 cm³/mol. The SMILES string of the molecule is Cc1ccc(NC(=O)c2cccc([N+](=O)[O-])c2O)c(C)c1. The molecule has 2 aromatic rings. The van der Waals surface area contributed by atoms with Crippen LogP contribution < -0.4 is 5.32 Å². The van der Waals surface area contributed by atoms with Crippen LogP contribution in [0.1, 0.15) is 21.5 Å². The van der Waals surface area contributed by atoms with E-state index in [1.165, 1.54) is 12.1 Å². The van der Waals surface area contributed by atoms with Crippen LogP contribution in [0.2, 0.25) is 0 Å². The molecule has 0 radical (unpaired) electrons. The zero-order chi connectivity index (χ0) is 15.6. The van der Waals surface area contributed by atoms with Crippen molar-refractivity contribution < 1.29 is 14.8 Å². The van der Waals surface area contributed by atoms with Gasteiger partial charge in [0.05, 0.1) is 10.5 Å². The number of anilines is 1. The van der Waals surface area contributed by atoms with Crippen molar-refractivity contribution >= 4 is 17.3 Å². The number of nitrogens with one attached hydrogen (secondary N) is 1. The van der Waals surface area contributed by atoms with E-state index in [1.807, 2.05) is 26.0 Å². The average Bonchev–Trinajstić information content (AvgIpc) is 2.41. The molecule has 21 heavy (non-hydrogen) atoms. The summed E-state index contributed by atoms with van der Waals surface area (Å²) >= 11 is 0. The first-order chi connectivity index (χ1) is 9.90. The van der Waals surface area contributed by atoms with Crippen molar-refractivity contribution in [1.29, 1.82) is 0 Å². The molecule has 0 aliphatic heterocycles. The van der Waals surface area contributed by atoms with Gasteiger partial charge in [-0.05, 0) is 31.5 Å². The van der Waals surface area contributed by atoms with Crippen LogP contribution >= 0.6 is 0 Å². The summed E-state index contributed by atoms with van der Waals surface area (Å²) in [6.07, 6.45) is 0. The Kier molecular flexibility index (Phi) is 3.89. The van der Waals surface area contributed by atoms with Crippen molar-refractivity contribution in [2.24, 2.45) is 0 Å². The molecule has 0 fully saturated rings. The molecule has 2 aromatic carbocycles. The van der Waals surface area contributed by atoms with Crippen LogP contribution in [0.25, 0.3) is 0 Å². The number of carbonyl (C=O) groups is 1. The van der Waals surface area contributed by atoms with Gasteiger partial charge < -0.3 is 10.4 Å². The van der Waals surface area contributed by atoms with Crippen LogP contribution in [-0.2, 0) is 0 Å². The maximum atomic E-state index is 12.2. The van der Waals surface area contributed by atoms with Gasteiger partial charge in [-0.15, -0.1) is 0 Å². The smallest absolute Gasteiger partial charge is 0.311 e. The first-order valence-electron chi connectivity index (χ1n) is 6.25. The number of para-hydroxylation sites is 1. The third-order valence-corrected chi connectivity index (χ3v) is 3.09. The molecule has 2 rings (SSSR count). The summed E-state index contributed by atoms with van der Waals surface area (Å²) in [4.78, 5) is 22.2. The van der Waals surface area contributed by atoms with E-state index in [0.717, 1.165) is 17.2 Å². The Balaban J connectivity index is 2.33. The summed E-state index contributed by atoms with van der Waals surface area (Å²) in [6.45, 7) is 3.78. The molecule has 0 unspecified atom stereocenters. The van der Waals surface area contributed by atoms with Crippen LogP contribution in [-0.4, -0.2) is 15.9 Å². The lowest BCUT2D eigenvalue weighted by Crippen LogP contribution is -2.13. The molecule has 0 aliphatic carbocycles. The van der Waals surface area contributed by atoms with E-state index >= 15 is 0 Å². The standard InChI is InChI=1S/C15H14N2O4/c1-9-6-7-12(10(2)8-9)16-15(19)11-4-3-5-13(14(11)18)17(20)21/h3-8,18H,1-2H3,(H,16,19). The van der Waals surface area contributed by atoms with Gasteiger partial charge in [-0.2, -0.15) is 0 Å². The molecule has 0 bridgehead atoms. The Labute approximate surface area is 121 Å². The number of carbonyl (C=O) groups excluding carboxylic acids is 1. The third-order valence-electron chi connectivity index (χ3n) is 3.09. The molecule has 6 heteroatoms. The Morgan fingerprint density at radius 1 is 1.24 bits per heavy atom. The van der Waals surface area contributed by atoms with Crippen molar-refractivity contribution in [3.8, 4) is 5.75 Å². The van der Waals surface area contributed by atoms with Gasteiger partial charge in [-0.1, -0.05) is 23.8 Å². The minimum atomic E-state index is -0.733. The van der Waals surface area contributed by atoms with Crippen molar-refractivity contribution in [2.45, 2.75) is 13.8 Å². The number of amides is 1. The van der Waals surface area contributed by atoms with Gasteiger partial charge in [0.15, 0.2) is 0 Å². The first-order valence-corrected chi connectivity index (χ1v) is 6.25. The molecule has 0 heterocycles. The maximum absolute atomic E-state index is 12.2. The fourth-order valence-corrected chi connectivity index (χ4v) is 2.01. The molecule has 1 amide bonds. The fraction of sp³-hybridized carbons (Fsp3) is 0.133. The first kappa shape index (κ1) is 14.5. The minimum absolute atomic E-state index is 0.135. The lowest BCUT2D eigenvalue weighted by atomic mass is 10.1. The number of nitro groups is 1. The number of rotatable bonds is 3. The van der Waals surface area contributed by atoms with Crippen LogP contribution in [0.3, 0.4) is 0 Å². The minimum Gasteiger partial charge on any atom is -0.502 e. The molecular weight excluding hydrogens is 272 g/mol. The number of hydrogen-bond acceptors (Lipinski definition) is 4. The highest BCUT2D eigenvalue weighted by Crippen LogP contribution is 2.30. The lowest BCUT2D eigenvalue weighted by Gasteiger charge is -2.10. The second-order valence-electron chi connectivity index (χ2n) is 4.70. The van der Waals surface area contributed by atoms with E-state index < -0.39 is 22.3 Å². The van der Waals surface area contributed by atoms with Gasteiger partial charge in [-0.3, -0.25) is 14.9 Å². The second-order valence-corrected chi connectivity index (χ2v) is 4.70. The van der Waals surface area contributed by atoms with Crippen LogP contribution in [0, 0.1) is 24.0 Å². The fourth-order valence-electron chi connectivity index (χ4n) is 2.01. The molecule has 0 saturated carbocycles. The molecule has 6 nitrogen and oxygen atoms in total. The molecule has 0 atom stereocenters. The summed E-state index contributed by atoms with van der Waals surface area (Å²) in [5.74, 6) is -1.23. The number of benzene rings is 2. The summed E-state index contributed by atoms with van der Waals surface area (Å²) in [7, 11) is 0. The van der Waals surface area contributed by atoms with Crippen molar-refractivity contribution in [2.75, 3.05) is 5.32 Å².